The average molecular weight is 329 g/mol. The van der Waals surface area contributed by atoms with Crippen LogP contribution in [0.1, 0.15) is 10.4 Å². The number of pyridine rings is 1. The smallest absolute Gasteiger partial charge is 0.339 e. The van der Waals surface area contributed by atoms with E-state index in [1.165, 1.54) is 12.3 Å². The van der Waals surface area contributed by atoms with Gasteiger partial charge in [0.1, 0.15) is 11.3 Å². The van der Waals surface area contributed by atoms with Crippen LogP contribution in [0.3, 0.4) is 0 Å². The number of aromatic nitrogens is 1. The van der Waals surface area contributed by atoms with Gasteiger partial charge in [-0.3, -0.25) is 4.98 Å². The van der Waals surface area contributed by atoms with E-state index >= 15 is 0 Å². The van der Waals surface area contributed by atoms with Crippen LogP contribution in [0.5, 0.6) is 0 Å². The molecule has 0 fully saturated rings. The Balaban J connectivity index is 2.45. The highest BCUT2D eigenvalue weighted by Gasteiger charge is 2.15. The van der Waals surface area contributed by atoms with E-state index in [-0.39, 0.29) is 15.7 Å². The number of nitrogens with one attached hydrogen (secondary N) is 1. The number of carboxylic acids is 1. The third kappa shape index (κ3) is 2.87. The second kappa shape index (κ2) is 5.31. The fourth-order valence-corrected chi connectivity index (χ4v) is 1.87. The first-order chi connectivity index (χ1) is 8.99. The van der Waals surface area contributed by atoms with Crippen LogP contribution in [0.2, 0.25) is 0 Å². The Hall–Kier alpha value is -2.02. The fourth-order valence-electron chi connectivity index (χ4n) is 1.47. The summed E-state index contributed by atoms with van der Waals surface area (Å²) in [5.41, 5.74) is -0.538. The number of hydrogen-bond donors (Lipinski definition) is 2. The second-order valence-electron chi connectivity index (χ2n) is 3.60. The number of hydrogen-bond acceptors (Lipinski definition) is 3. The molecule has 0 aliphatic heterocycles. The number of benzene rings is 1. The van der Waals surface area contributed by atoms with Gasteiger partial charge in [0.2, 0.25) is 0 Å². The van der Waals surface area contributed by atoms with Gasteiger partial charge in [-0.2, -0.15) is 0 Å². The Labute approximate surface area is 115 Å². The summed E-state index contributed by atoms with van der Waals surface area (Å²) >= 11 is 2.96. The molecule has 2 rings (SSSR count). The molecule has 19 heavy (non-hydrogen) atoms. The van der Waals surface area contributed by atoms with Crippen LogP contribution in [0.15, 0.2) is 35.1 Å². The van der Waals surface area contributed by atoms with Crippen molar-refractivity contribution in [3.63, 3.8) is 0 Å². The molecule has 0 aliphatic carbocycles. The van der Waals surface area contributed by atoms with E-state index in [0.717, 1.165) is 18.3 Å². The largest absolute Gasteiger partial charge is 0.478 e. The lowest BCUT2D eigenvalue weighted by Gasteiger charge is -2.11. The summed E-state index contributed by atoms with van der Waals surface area (Å²) in [6.07, 6.45) is 2.42. The van der Waals surface area contributed by atoms with Gasteiger partial charge < -0.3 is 10.4 Å². The maximum Gasteiger partial charge on any atom is 0.339 e. The summed E-state index contributed by atoms with van der Waals surface area (Å²) in [6, 6.07) is 3.48. The van der Waals surface area contributed by atoms with E-state index < -0.39 is 23.3 Å². The predicted octanol–water partition coefficient (Wildman–Crippen LogP) is 3.56. The molecule has 7 heteroatoms. The Kier molecular flexibility index (Phi) is 3.75. The van der Waals surface area contributed by atoms with Gasteiger partial charge in [0.05, 0.1) is 5.69 Å². The monoisotopic (exact) mass is 328 g/mol. The molecule has 0 unspecified atom stereocenters. The molecular formula is C12H7BrF2N2O2. The third-order valence-corrected chi connectivity index (χ3v) is 2.78. The lowest BCUT2D eigenvalue weighted by atomic mass is 10.2. The Morgan fingerprint density at radius 2 is 1.95 bits per heavy atom. The first-order valence-corrected chi connectivity index (χ1v) is 5.87. The van der Waals surface area contributed by atoms with E-state index in [1.54, 1.807) is 0 Å². The molecule has 0 spiro atoms. The zero-order valence-electron chi connectivity index (χ0n) is 9.32. The molecule has 4 nitrogen and oxygen atoms in total. The molecule has 0 amide bonds. The topological polar surface area (TPSA) is 62.2 Å². The van der Waals surface area contributed by atoms with E-state index in [0.29, 0.717) is 0 Å². The molecule has 1 aromatic carbocycles. The fraction of sp³-hybridized carbons (Fsp3) is 0. The summed E-state index contributed by atoms with van der Waals surface area (Å²) in [5.74, 6) is -2.91. The Morgan fingerprint density at radius 3 is 2.53 bits per heavy atom. The van der Waals surface area contributed by atoms with Gasteiger partial charge in [-0.1, -0.05) is 15.9 Å². The van der Waals surface area contributed by atoms with E-state index in [2.05, 4.69) is 26.2 Å². The molecule has 1 heterocycles. The Bertz CT molecular complexity index is 626. The summed E-state index contributed by atoms with van der Waals surface area (Å²) in [7, 11) is 0. The van der Waals surface area contributed by atoms with Crippen LogP contribution in [-0.4, -0.2) is 16.1 Å². The minimum absolute atomic E-state index is 0.0580. The first-order valence-electron chi connectivity index (χ1n) is 5.08. The lowest BCUT2D eigenvalue weighted by Crippen LogP contribution is -2.05. The highest BCUT2D eigenvalue weighted by atomic mass is 79.9. The highest BCUT2D eigenvalue weighted by Crippen LogP contribution is 2.28. The van der Waals surface area contributed by atoms with Crippen molar-refractivity contribution in [2.24, 2.45) is 0 Å². The first kappa shape index (κ1) is 13.4. The molecule has 0 saturated carbocycles. The van der Waals surface area contributed by atoms with Gasteiger partial charge >= 0.3 is 5.97 Å². The SMILES string of the molecule is O=C(O)c1cnccc1Nc1c(F)cc(Br)cc1F. The highest BCUT2D eigenvalue weighted by molar-refractivity contribution is 9.10. The van der Waals surface area contributed by atoms with E-state index in [1.807, 2.05) is 0 Å². The number of anilines is 2. The standard InChI is InChI=1S/C12H7BrF2N2O2/c13-6-3-8(14)11(9(15)4-6)17-10-1-2-16-5-7(10)12(18)19/h1-5H,(H,16,17)(H,18,19). The van der Waals surface area contributed by atoms with Gasteiger partial charge in [-0.05, 0) is 18.2 Å². The summed E-state index contributed by atoms with van der Waals surface area (Å²) < 4.78 is 27.5. The normalized spacial score (nSPS) is 10.3. The van der Waals surface area contributed by atoms with Crippen molar-refractivity contribution in [1.29, 1.82) is 0 Å². The van der Waals surface area contributed by atoms with Crippen LogP contribution in [0, 0.1) is 11.6 Å². The lowest BCUT2D eigenvalue weighted by molar-refractivity contribution is 0.0697. The number of nitrogens with zero attached hydrogens (tertiary/aromatic N) is 1. The van der Waals surface area contributed by atoms with Crippen LogP contribution >= 0.6 is 15.9 Å². The molecule has 1 aromatic heterocycles. The molecule has 2 N–H and O–H groups in total. The number of aromatic carboxylic acids is 1. The van der Waals surface area contributed by atoms with Crippen molar-refractivity contribution in [2.75, 3.05) is 5.32 Å². The van der Waals surface area contributed by atoms with Crippen LogP contribution in [0.25, 0.3) is 0 Å². The number of carbonyl (C=O) groups is 1. The molecule has 0 bridgehead atoms. The van der Waals surface area contributed by atoms with Crippen molar-refractivity contribution < 1.29 is 18.7 Å². The molecule has 0 radical (unpaired) electrons. The van der Waals surface area contributed by atoms with Gasteiger partial charge in [0, 0.05) is 16.9 Å². The van der Waals surface area contributed by atoms with E-state index in [4.69, 9.17) is 5.11 Å². The minimum Gasteiger partial charge on any atom is -0.478 e. The maximum absolute atomic E-state index is 13.6. The molecule has 2 aromatic rings. The van der Waals surface area contributed by atoms with Crippen molar-refractivity contribution in [2.45, 2.75) is 0 Å². The second-order valence-corrected chi connectivity index (χ2v) is 4.51. The minimum atomic E-state index is -1.24. The van der Waals surface area contributed by atoms with Gasteiger partial charge in [-0.15, -0.1) is 0 Å². The molecular weight excluding hydrogens is 322 g/mol. The van der Waals surface area contributed by atoms with Crippen LogP contribution in [-0.2, 0) is 0 Å². The zero-order chi connectivity index (χ0) is 14.0. The van der Waals surface area contributed by atoms with Crippen molar-refractivity contribution >= 4 is 33.3 Å². The molecule has 0 aliphatic rings. The summed E-state index contributed by atoms with van der Waals surface area (Å²) in [6.45, 7) is 0. The van der Waals surface area contributed by atoms with Crippen molar-refractivity contribution in [3.8, 4) is 0 Å². The average Bonchev–Trinajstić information content (AvgIpc) is 2.34. The molecule has 0 atom stereocenters. The quantitative estimate of drug-likeness (QED) is 0.904. The van der Waals surface area contributed by atoms with Gasteiger partial charge in [0.15, 0.2) is 11.6 Å². The summed E-state index contributed by atoms with van der Waals surface area (Å²) in [4.78, 5) is 14.6. The number of rotatable bonds is 3. The van der Waals surface area contributed by atoms with Gasteiger partial charge in [0.25, 0.3) is 0 Å². The molecule has 0 saturated heterocycles. The Morgan fingerprint density at radius 1 is 1.32 bits per heavy atom. The van der Waals surface area contributed by atoms with Crippen molar-refractivity contribution in [1.82, 2.24) is 4.98 Å². The van der Waals surface area contributed by atoms with Crippen molar-refractivity contribution in [3.05, 3.63) is 52.3 Å². The third-order valence-electron chi connectivity index (χ3n) is 2.32. The van der Waals surface area contributed by atoms with Crippen LogP contribution in [0.4, 0.5) is 20.2 Å². The summed E-state index contributed by atoms with van der Waals surface area (Å²) in [5, 5.41) is 11.4. The van der Waals surface area contributed by atoms with Gasteiger partial charge in [-0.25, -0.2) is 13.6 Å². The zero-order valence-corrected chi connectivity index (χ0v) is 10.9. The predicted molar refractivity (Wildman–Crippen MR) is 68.5 cm³/mol. The number of carboxylic acid groups (broad SMARTS) is 1. The maximum atomic E-state index is 13.6. The van der Waals surface area contributed by atoms with E-state index in [9.17, 15) is 13.6 Å². The molecule has 98 valence electrons. The van der Waals surface area contributed by atoms with Crippen LogP contribution < -0.4 is 5.32 Å². The number of halogens is 3.